The molecule has 0 aliphatic carbocycles. The molecule has 0 amide bonds. The largest absolute Gasteiger partial charge is 0.492 e. The number of hydrogen-bond donors (Lipinski definition) is 1. The number of unbranched alkanes of at least 4 members (excludes halogenated alkanes) is 1. The van der Waals surface area contributed by atoms with Crippen LogP contribution in [0.5, 0.6) is 5.88 Å². The summed E-state index contributed by atoms with van der Waals surface area (Å²) in [5.74, 6) is -0.667. The standard InChI is InChI=1S/C31H32N4O4S/c1-5-6-10-27-34-30(36)29(31(37)35(27)28(20(2)3)24-9-7-8-22(17-24)18-32)40(38,39)25-13-11-23(12-14-25)26-15-16-33-19-21(26)4/h7-9,11-17,19-20,28,36H,5-6,10H2,1-4H3/t28-/m0/s1. The number of aryl methyl sites for hydroxylation is 2. The molecule has 0 aliphatic rings. The highest BCUT2D eigenvalue weighted by atomic mass is 32.2. The minimum atomic E-state index is -4.43. The molecule has 9 heteroatoms. The number of hydrogen-bond acceptors (Lipinski definition) is 7. The third-order valence-corrected chi connectivity index (χ3v) is 8.70. The van der Waals surface area contributed by atoms with E-state index in [1.54, 1.807) is 42.7 Å². The summed E-state index contributed by atoms with van der Waals surface area (Å²) in [5.41, 5.74) is 2.91. The number of aromatic hydroxyl groups is 1. The van der Waals surface area contributed by atoms with Crippen LogP contribution in [-0.2, 0) is 16.3 Å². The average molecular weight is 557 g/mol. The van der Waals surface area contributed by atoms with E-state index in [9.17, 15) is 23.6 Å². The average Bonchev–Trinajstić information content (AvgIpc) is 2.93. The summed E-state index contributed by atoms with van der Waals surface area (Å²) < 4.78 is 29.0. The molecule has 0 saturated carbocycles. The van der Waals surface area contributed by atoms with Gasteiger partial charge in [0.15, 0.2) is 4.90 Å². The molecular weight excluding hydrogens is 524 g/mol. The van der Waals surface area contributed by atoms with Gasteiger partial charge >= 0.3 is 0 Å². The van der Waals surface area contributed by atoms with Crippen molar-refractivity contribution in [3.05, 3.63) is 99.9 Å². The monoisotopic (exact) mass is 556 g/mol. The molecule has 0 aliphatic heterocycles. The fraction of sp³-hybridized carbons (Fsp3) is 0.290. The van der Waals surface area contributed by atoms with Gasteiger partial charge < -0.3 is 5.11 Å². The van der Waals surface area contributed by atoms with E-state index in [0.29, 0.717) is 29.8 Å². The van der Waals surface area contributed by atoms with Gasteiger partial charge in [0.2, 0.25) is 15.7 Å². The van der Waals surface area contributed by atoms with Crippen LogP contribution in [0.15, 0.2) is 81.6 Å². The van der Waals surface area contributed by atoms with Gasteiger partial charge in [-0.15, -0.1) is 0 Å². The highest BCUT2D eigenvalue weighted by Gasteiger charge is 2.33. The molecule has 1 N–H and O–H groups in total. The summed E-state index contributed by atoms with van der Waals surface area (Å²) in [7, 11) is -4.43. The third kappa shape index (κ3) is 5.54. The first-order valence-corrected chi connectivity index (χ1v) is 14.7. The summed E-state index contributed by atoms with van der Waals surface area (Å²) in [6.07, 6.45) is 5.27. The second kappa shape index (κ2) is 11.8. The predicted octanol–water partition coefficient (Wildman–Crippen LogP) is 5.61. The van der Waals surface area contributed by atoms with Crippen molar-refractivity contribution in [3.63, 3.8) is 0 Å². The Hall–Kier alpha value is -4.29. The molecule has 1 atom stereocenters. The van der Waals surface area contributed by atoms with E-state index in [1.165, 1.54) is 16.7 Å². The molecule has 0 radical (unpaired) electrons. The smallest absolute Gasteiger partial charge is 0.277 e. The van der Waals surface area contributed by atoms with Crippen LogP contribution in [-0.4, -0.2) is 28.1 Å². The van der Waals surface area contributed by atoms with Gasteiger partial charge in [0, 0.05) is 18.8 Å². The maximum atomic E-state index is 14.1. The number of benzene rings is 2. The fourth-order valence-electron chi connectivity index (χ4n) is 4.94. The van der Waals surface area contributed by atoms with Crippen LogP contribution in [0.3, 0.4) is 0 Å². The maximum Gasteiger partial charge on any atom is 0.277 e. The Kier molecular flexibility index (Phi) is 8.50. The maximum absolute atomic E-state index is 14.1. The van der Waals surface area contributed by atoms with E-state index in [-0.39, 0.29) is 10.8 Å². The SMILES string of the molecule is CCCCc1nc(O)c(S(=O)(=O)c2ccc(-c3ccncc3C)cc2)c(=O)n1[C@H](c1cccc(C#N)c1)C(C)C. The Morgan fingerprint density at radius 2 is 1.82 bits per heavy atom. The van der Waals surface area contributed by atoms with E-state index in [2.05, 4.69) is 16.0 Å². The van der Waals surface area contributed by atoms with Crippen molar-refractivity contribution < 1.29 is 13.5 Å². The zero-order valence-electron chi connectivity index (χ0n) is 23.0. The van der Waals surface area contributed by atoms with E-state index in [0.717, 1.165) is 23.1 Å². The normalized spacial score (nSPS) is 12.3. The molecule has 4 aromatic rings. The highest BCUT2D eigenvalue weighted by Crippen LogP contribution is 2.32. The lowest BCUT2D eigenvalue weighted by Gasteiger charge is -2.27. The second-order valence-corrected chi connectivity index (χ2v) is 12.0. The molecule has 8 nitrogen and oxygen atoms in total. The van der Waals surface area contributed by atoms with Gasteiger partial charge in [0.25, 0.3) is 5.56 Å². The molecular formula is C31H32N4O4S. The summed E-state index contributed by atoms with van der Waals surface area (Å²) in [5, 5.41) is 20.3. The Bertz CT molecular complexity index is 1740. The molecule has 4 rings (SSSR count). The lowest BCUT2D eigenvalue weighted by molar-refractivity contribution is 0.374. The summed E-state index contributed by atoms with van der Waals surface area (Å²) in [4.78, 5) is 21.6. The molecule has 0 bridgehead atoms. The lowest BCUT2D eigenvalue weighted by Crippen LogP contribution is -2.35. The van der Waals surface area contributed by atoms with Crippen molar-refractivity contribution in [1.29, 1.82) is 5.26 Å². The van der Waals surface area contributed by atoms with Crippen molar-refractivity contribution >= 4 is 9.84 Å². The fourth-order valence-corrected chi connectivity index (χ4v) is 6.28. The van der Waals surface area contributed by atoms with Crippen LogP contribution in [0.1, 0.15) is 62.2 Å². The van der Waals surface area contributed by atoms with E-state index in [4.69, 9.17) is 0 Å². The van der Waals surface area contributed by atoms with Crippen LogP contribution in [0, 0.1) is 24.2 Å². The van der Waals surface area contributed by atoms with Crippen molar-refractivity contribution in [3.8, 4) is 23.1 Å². The number of aromatic nitrogens is 3. The van der Waals surface area contributed by atoms with Crippen LogP contribution in [0.2, 0.25) is 0 Å². The van der Waals surface area contributed by atoms with Crippen molar-refractivity contribution in [2.45, 2.75) is 62.8 Å². The van der Waals surface area contributed by atoms with Crippen molar-refractivity contribution in [2.75, 3.05) is 0 Å². The predicted molar refractivity (Wildman–Crippen MR) is 153 cm³/mol. The summed E-state index contributed by atoms with van der Waals surface area (Å²) >= 11 is 0. The zero-order valence-corrected chi connectivity index (χ0v) is 23.8. The first-order chi connectivity index (χ1) is 19.1. The first-order valence-electron chi connectivity index (χ1n) is 13.2. The Morgan fingerprint density at radius 1 is 1.10 bits per heavy atom. The van der Waals surface area contributed by atoms with Gasteiger partial charge in [0.1, 0.15) is 5.82 Å². The Balaban J connectivity index is 1.91. The number of nitriles is 1. The van der Waals surface area contributed by atoms with Gasteiger partial charge in [-0.25, -0.2) is 8.42 Å². The van der Waals surface area contributed by atoms with Crippen LogP contribution in [0.25, 0.3) is 11.1 Å². The van der Waals surface area contributed by atoms with E-state index in [1.807, 2.05) is 39.8 Å². The molecule has 40 heavy (non-hydrogen) atoms. The van der Waals surface area contributed by atoms with E-state index >= 15 is 0 Å². The van der Waals surface area contributed by atoms with Crippen molar-refractivity contribution in [1.82, 2.24) is 14.5 Å². The quantitative estimate of drug-likeness (QED) is 0.284. The van der Waals surface area contributed by atoms with Crippen molar-refractivity contribution in [2.24, 2.45) is 5.92 Å². The van der Waals surface area contributed by atoms with Crippen LogP contribution < -0.4 is 5.56 Å². The molecule has 2 aromatic carbocycles. The van der Waals surface area contributed by atoms with Crippen LogP contribution >= 0.6 is 0 Å². The number of rotatable bonds is 9. The molecule has 0 saturated heterocycles. The van der Waals surface area contributed by atoms with Gasteiger partial charge in [-0.3, -0.25) is 14.3 Å². The van der Waals surface area contributed by atoms with Gasteiger partial charge in [0.05, 0.1) is 22.6 Å². The van der Waals surface area contributed by atoms with Gasteiger partial charge in [-0.2, -0.15) is 10.2 Å². The molecule has 0 spiro atoms. The lowest BCUT2D eigenvalue weighted by atomic mass is 9.94. The second-order valence-electron chi connectivity index (χ2n) is 10.1. The number of nitrogens with zero attached hydrogens (tertiary/aromatic N) is 4. The molecule has 2 aromatic heterocycles. The van der Waals surface area contributed by atoms with Crippen LogP contribution in [0.4, 0.5) is 0 Å². The van der Waals surface area contributed by atoms with E-state index < -0.39 is 32.2 Å². The van der Waals surface area contributed by atoms with Gasteiger partial charge in [-0.1, -0.05) is 51.5 Å². The Morgan fingerprint density at radius 3 is 2.45 bits per heavy atom. The highest BCUT2D eigenvalue weighted by molar-refractivity contribution is 7.91. The molecule has 0 unspecified atom stereocenters. The molecule has 2 heterocycles. The minimum absolute atomic E-state index is 0.127. The molecule has 0 fully saturated rings. The third-order valence-electron chi connectivity index (χ3n) is 6.91. The van der Waals surface area contributed by atoms with Gasteiger partial charge in [-0.05, 0) is 71.8 Å². The Labute approximate surface area is 234 Å². The summed E-state index contributed by atoms with van der Waals surface area (Å²) in [6.45, 7) is 7.74. The number of pyridine rings is 1. The molecule has 206 valence electrons. The first kappa shape index (κ1) is 28.7. The summed E-state index contributed by atoms with van der Waals surface area (Å²) in [6, 6.07) is 16.4. The minimum Gasteiger partial charge on any atom is -0.492 e. The number of sulfone groups is 1. The topological polar surface area (TPSA) is 126 Å². The zero-order chi connectivity index (χ0) is 29.0.